The molecule has 7 heteroatoms. The summed E-state index contributed by atoms with van der Waals surface area (Å²) in [4.78, 5) is 0.210. The molecule has 0 aliphatic carbocycles. The van der Waals surface area contributed by atoms with Gasteiger partial charge >= 0.3 is 0 Å². The zero-order chi connectivity index (χ0) is 14.9. The highest BCUT2D eigenvalue weighted by atomic mass is 79.9. The molecule has 1 aromatic heterocycles. The highest BCUT2D eigenvalue weighted by Crippen LogP contribution is 2.24. The molecule has 1 heterocycles. The van der Waals surface area contributed by atoms with Crippen LogP contribution in [-0.2, 0) is 16.6 Å². The van der Waals surface area contributed by atoms with Crippen LogP contribution in [0.2, 0.25) is 0 Å². The van der Waals surface area contributed by atoms with Gasteiger partial charge < -0.3 is 0 Å². The molecule has 0 saturated carbocycles. The minimum atomic E-state index is -3.62. The third kappa shape index (κ3) is 3.04. The SMILES string of the molecule is CCn1cc(S(=O)(=O)Nc2ccc(Br)cc2C)c(C)n1. The largest absolute Gasteiger partial charge is 0.279 e. The van der Waals surface area contributed by atoms with Crippen LogP contribution in [0.15, 0.2) is 33.8 Å². The van der Waals surface area contributed by atoms with Crippen molar-refractivity contribution in [3.05, 3.63) is 40.1 Å². The molecule has 0 bridgehead atoms. The van der Waals surface area contributed by atoms with Gasteiger partial charge in [-0.3, -0.25) is 9.40 Å². The van der Waals surface area contributed by atoms with Gasteiger partial charge in [-0.2, -0.15) is 5.10 Å². The zero-order valence-electron chi connectivity index (χ0n) is 11.5. The van der Waals surface area contributed by atoms with Crippen LogP contribution in [0, 0.1) is 13.8 Å². The van der Waals surface area contributed by atoms with E-state index in [-0.39, 0.29) is 4.90 Å². The van der Waals surface area contributed by atoms with E-state index < -0.39 is 10.0 Å². The van der Waals surface area contributed by atoms with Crippen molar-refractivity contribution in [3.8, 4) is 0 Å². The maximum atomic E-state index is 12.4. The van der Waals surface area contributed by atoms with Crippen LogP contribution in [0.3, 0.4) is 0 Å². The molecule has 2 rings (SSSR count). The van der Waals surface area contributed by atoms with Crippen LogP contribution >= 0.6 is 15.9 Å². The standard InChI is InChI=1S/C13H16BrN3O2S/c1-4-17-8-13(10(3)15-17)20(18,19)16-12-6-5-11(14)7-9(12)2/h5-8,16H,4H2,1-3H3. The number of benzene rings is 1. The Morgan fingerprint density at radius 2 is 2.05 bits per heavy atom. The molecule has 2 aromatic rings. The number of hydrogen-bond donors (Lipinski definition) is 1. The predicted octanol–water partition coefficient (Wildman–Crippen LogP) is 3.08. The molecule has 0 radical (unpaired) electrons. The minimum absolute atomic E-state index is 0.210. The molecular formula is C13H16BrN3O2S. The molecule has 0 amide bonds. The Balaban J connectivity index is 2.38. The molecule has 1 aromatic carbocycles. The molecule has 108 valence electrons. The fraction of sp³-hybridized carbons (Fsp3) is 0.308. The normalized spacial score (nSPS) is 11.6. The Kier molecular flexibility index (Phi) is 4.19. The van der Waals surface area contributed by atoms with Crippen LogP contribution in [0.25, 0.3) is 0 Å². The third-order valence-corrected chi connectivity index (χ3v) is 4.91. The van der Waals surface area contributed by atoms with Gasteiger partial charge in [-0.15, -0.1) is 0 Å². The molecule has 0 atom stereocenters. The Hall–Kier alpha value is -1.34. The summed E-state index contributed by atoms with van der Waals surface area (Å²) in [6.45, 7) is 6.09. The van der Waals surface area contributed by atoms with Gasteiger partial charge in [0.15, 0.2) is 0 Å². The van der Waals surface area contributed by atoms with Gasteiger partial charge in [0, 0.05) is 17.2 Å². The van der Waals surface area contributed by atoms with E-state index in [1.807, 2.05) is 19.9 Å². The summed E-state index contributed by atoms with van der Waals surface area (Å²) in [7, 11) is -3.62. The quantitative estimate of drug-likeness (QED) is 0.914. The number of nitrogens with zero attached hydrogens (tertiary/aromatic N) is 2. The third-order valence-electron chi connectivity index (χ3n) is 2.95. The van der Waals surface area contributed by atoms with Crippen molar-refractivity contribution in [1.29, 1.82) is 0 Å². The summed E-state index contributed by atoms with van der Waals surface area (Å²) < 4.78 is 30.0. The maximum Gasteiger partial charge on any atom is 0.265 e. The Morgan fingerprint density at radius 3 is 2.60 bits per heavy atom. The lowest BCUT2D eigenvalue weighted by molar-refractivity contribution is 0.600. The van der Waals surface area contributed by atoms with E-state index in [9.17, 15) is 8.42 Å². The van der Waals surface area contributed by atoms with E-state index in [0.717, 1.165) is 10.0 Å². The van der Waals surface area contributed by atoms with Gasteiger partial charge in [0.25, 0.3) is 10.0 Å². The molecule has 5 nitrogen and oxygen atoms in total. The number of aryl methyl sites for hydroxylation is 3. The van der Waals surface area contributed by atoms with E-state index in [0.29, 0.717) is 17.9 Å². The van der Waals surface area contributed by atoms with Crippen molar-refractivity contribution in [3.63, 3.8) is 0 Å². The maximum absolute atomic E-state index is 12.4. The number of sulfonamides is 1. The van der Waals surface area contributed by atoms with Gasteiger partial charge in [-0.1, -0.05) is 15.9 Å². The van der Waals surface area contributed by atoms with Crippen molar-refractivity contribution >= 4 is 31.6 Å². The van der Waals surface area contributed by atoms with Crippen molar-refractivity contribution < 1.29 is 8.42 Å². The van der Waals surface area contributed by atoms with E-state index >= 15 is 0 Å². The molecular weight excluding hydrogens is 342 g/mol. The van der Waals surface area contributed by atoms with Gasteiger partial charge in [-0.05, 0) is 44.5 Å². The fourth-order valence-corrected chi connectivity index (χ4v) is 3.66. The minimum Gasteiger partial charge on any atom is -0.279 e. The summed E-state index contributed by atoms with van der Waals surface area (Å²) in [5, 5.41) is 4.16. The van der Waals surface area contributed by atoms with E-state index in [4.69, 9.17) is 0 Å². The summed E-state index contributed by atoms with van der Waals surface area (Å²) in [6.07, 6.45) is 1.55. The van der Waals surface area contributed by atoms with Gasteiger partial charge in [0.2, 0.25) is 0 Å². The molecule has 0 aliphatic heterocycles. The molecule has 20 heavy (non-hydrogen) atoms. The highest BCUT2D eigenvalue weighted by Gasteiger charge is 2.20. The van der Waals surface area contributed by atoms with Crippen molar-refractivity contribution in [2.24, 2.45) is 0 Å². The first-order chi connectivity index (χ1) is 9.33. The Labute approximate surface area is 127 Å². The topological polar surface area (TPSA) is 64.0 Å². The Bertz CT molecular complexity index is 738. The predicted molar refractivity (Wildman–Crippen MR) is 82.3 cm³/mol. The van der Waals surface area contributed by atoms with Crippen LogP contribution < -0.4 is 4.72 Å². The number of rotatable bonds is 4. The summed E-state index contributed by atoms with van der Waals surface area (Å²) in [5.41, 5.74) is 1.91. The van der Waals surface area contributed by atoms with E-state index in [2.05, 4.69) is 25.8 Å². The van der Waals surface area contributed by atoms with Crippen LogP contribution in [0.5, 0.6) is 0 Å². The number of nitrogens with one attached hydrogen (secondary N) is 1. The zero-order valence-corrected chi connectivity index (χ0v) is 13.9. The molecule has 0 fully saturated rings. The molecule has 0 saturated heterocycles. The first-order valence-electron chi connectivity index (χ1n) is 6.16. The van der Waals surface area contributed by atoms with Crippen LogP contribution in [0.4, 0.5) is 5.69 Å². The first-order valence-corrected chi connectivity index (χ1v) is 8.44. The molecule has 1 N–H and O–H groups in total. The average Bonchev–Trinajstić information content (AvgIpc) is 2.75. The molecule has 0 unspecified atom stereocenters. The number of aromatic nitrogens is 2. The number of hydrogen-bond acceptors (Lipinski definition) is 3. The molecule has 0 spiro atoms. The number of anilines is 1. The fourth-order valence-electron chi connectivity index (χ4n) is 1.87. The summed E-state index contributed by atoms with van der Waals surface area (Å²) >= 11 is 3.35. The second-order valence-corrected chi connectivity index (χ2v) is 7.07. The van der Waals surface area contributed by atoms with E-state index in [1.54, 1.807) is 29.9 Å². The first kappa shape index (κ1) is 15.1. The average molecular weight is 358 g/mol. The lowest BCUT2D eigenvalue weighted by Gasteiger charge is -2.10. The molecule has 0 aliphatic rings. The van der Waals surface area contributed by atoms with Crippen LogP contribution in [-0.4, -0.2) is 18.2 Å². The smallest absolute Gasteiger partial charge is 0.265 e. The van der Waals surface area contributed by atoms with Gasteiger partial charge in [-0.25, -0.2) is 8.42 Å². The van der Waals surface area contributed by atoms with Crippen LogP contribution in [0.1, 0.15) is 18.2 Å². The number of halogens is 1. The highest BCUT2D eigenvalue weighted by molar-refractivity contribution is 9.10. The Morgan fingerprint density at radius 1 is 1.35 bits per heavy atom. The monoisotopic (exact) mass is 357 g/mol. The van der Waals surface area contributed by atoms with E-state index in [1.165, 1.54) is 0 Å². The van der Waals surface area contributed by atoms with Gasteiger partial charge in [0.1, 0.15) is 4.90 Å². The lowest BCUT2D eigenvalue weighted by Crippen LogP contribution is -2.14. The second kappa shape index (κ2) is 5.57. The second-order valence-electron chi connectivity index (χ2n) is 4.50. The van der Waals surface area contributed by atoms with Gasteiger partial charge in [0.05, 0.1) is 11.4 Å². The summed E-state index contributed by atoms with van der Waals surface area (Å²) in [6, 6.07) is 5.39. The van der Waals surface area contributed by atoms with Crippen molar-refractivity contribution in [2.45, 2.75) is 32.2 Å². The van der Waals surface area contributed by atoms with Crippen molar-refractivity contribution in [1.82, 2.24) is 9.78 Å². The lowest BCUT2D eigenvalue weighted by atomic mass is 10.2. The summed E-state index contributed by atoms with van der Waals surface area (Å²) in [5.74, 6) is 0. The van der Waals surface area contributed by atoms with Crippen molar-refractivity contribution in [2.75, 3.05) is 4.72 Å².